The number of hydrogen-bond acceptors (Lipinski definition) is 6. The summed E-state index contributed by atoms with van der Waals surface area (Å²) in [6.07, 6.45) is 6.08. The van der Waals surface area contributed by atoms with Gasteiger partial charge >= 0.3 is 18.6 Å². The Morgan fingerprint density at radius 1 is 1.23 bits per heavy atom. The van der Waals surface area contributed by atoms with Crippen molar-refractivity contribution in [3.63, 3.8) is 0 Å². The number of fused-ring (bicyclic) bond motifs is 1. The van der Waals surface area contributed by atoms with Crippen molar-refractivity contribution in [2.24, 2.45) is 5.92 Å². The van der Waals surface area contributed by atoms with Gasteiger partial charge in [0.05, 0.1) is 6.33 Å². The molecule has 30 heavy (non-hydrogen) atoms. The molecule has 5 nitrogen and oxygen atoms in total. The van der Waals surface area contributed by atoms with Crippen LogP contribution < -0.4 is 5.32 Å². The number of nitrogens with one attached hydrogen (secondary N) is 1. The second-order valence-electron chi connectivity index (χ2n) is 7.38. The van der Waals surface area contributed by atoms with E-state index in [2.05, 4.69) is 59.7 Å². The number of nitrogens with zero attached hydrogens (tertiary/aromatic N) is 4. The Bertz CT molecular complexity index is 940. The van der Waals surface area contributed by atoms with Gasteiger partial charge < -0.3 is 22.0 Å². The smallest absolute Gasteiger partial charge is 0.393 e. The molecule has 1 N–H and O–H groups in total. The van der Waals surface area contributed by atoms with Crippen molar-refractivity contribution in [1.82, 2.24) is 19.8 Å². The molecule has 0 aliphatic carbocycles. The number of anilines is 2. The molecule has 0 fully saturated rings. The molecule has 2 atom stereocenters. The van der Waals surface area contributed by atoms with Crippen molar-refractivity contribution in [2.75, 3.05) is 11.9 Å². The van der Waals surface area contributed by atoms with Gasteiger partial charge in [0.25, 0.3) is 0 Å². The number of benzene rings is 1. The summed E-state index contributed by atoms with van der Waals surface area (Å²) in [4.78, 5) is 15.9. The molecule has 0 aliphatic rings. The van der Waals surface area contributed by atoms with Gasteiger partial charge in [-0.3, -0.25) is 9.97 Å². The number of pyridine rings is 1. The number of hydrogen-bond donors (Lipinski definition) is 2. The van der Waals surface area contributed by atoms with Crippen molar-refractivity contribution >= 4 is 43.0 Å². The second-order valence-corrected chi connectivity index (χ2v) is 7.89. The first-order chi connectivity index (χ1) is 14.0. The van der Waals surface area contributed by atoms with Crippen LogP contribution in [0.3, 0.4) is 0 Å². The number of rotatable bonds is 9. The molecule has 0 saturated carbocycles. The fraction of sp³-hybridized carbons (Fsp3) is 0.364. The summed E-state index contributed by atoms with van der Waals surface area (Å²) in [5.74, 6) is 1.30. The van der Waals surface area contributed by atoms with Gasteiger partial charge in [-0.25, -0.2) is 0 Å². The summed E-state index contributed by atoms with van der Waals surface area (Å²) in [5, 5.41) is 4.13. The van der Waals surface area contributed by atoms with Crippen LogP contribution in [0.25, 0.3) is 10.9 Å². The molecule has 3 radical (unpaired) electrons. The zero-order valence-corrected chi connectivity index (χ0v) is 19.7. The molecule has 8 heteroatoms. The molecular weight excluding hydrogens is 428 g/mol. The molecule has 2 aromatic heterocycles. The fourth-order valence-corrected chi connectivity index (χ4v) is 3.17. The Kier molecular flexibility index (Phi) is 9.69. The first-order valence-corrected chi connectivity index (χ1v) is 10.3. The van der Waals surface area contributed by atoms with Crippen molar-refractivity contribution in [1.29, 1.82) is 0 Å². The third kappa shape index (κ3) is 6.74. The van der Waals surface area contributed by atoms with E-state index in [0.717, 1.165) is 40.0 Å². The molecule has 2 heterocycles. The second kappa shape index (κ2) is 11.8. The standard InChI is InChI=1S/C22H26BN5S.V/c1-4-15(2)11-16(3)28(23)10-9-18-12-20-21(13-24-18)25-14-26-22(20)27-17-5-7-19(29)8-6-17;/h5-8,13-16,29H,3-4,9-11H2,1-2H3,(H,25,26,27);/q-2;+2/t15-,16?;/m1./s1. The van der Waals surface area contributed by atoms with Gasteiger partial charge in [0, 0.05) is 16.4 Å². The van der Waals surface area contributed by atoms with Gasteiger partial charge in [-0.2, -0.15) is 0 Å². The maximum absolute atomic E-state index is 6.21. The molecule has 0 amide bonds. The molecule has 0 saturated heterocycles. The Hall–Kier alpha value is -1.53. The Labute approximate surface area is 198 Å². The zero-order chi connectivity index (χ0) is 20.8. The predicted octanol–water partition coefficient (Wildman–Crippen LogP) is 4.42. The van der Waals surface area contributed by atoms with Crippen LogP contribution in [0, 0.1) is 18.9 Å². The minimum absolute atomic E-state index is 0. The van der Waals surface area contributed by atoms with Crippen molar-refractivity contribution < 1.29 is 18.6 Å². The molecule has 0 aliphatic heterocycles. The Morgan fingerprint density at radius 2 is 1.97 bits per heavy atom. The van der Waals surface area contributed by atoms with Crippen LogP contribution in [-0.2, 0) is 25.0 Å². The summed E-state index contributed by atoms with van der Waals surface area (Å²) in [7, 11) is 6.21. The van der Waals surface area contributed by atoms with Gasteiger partial charge in [0.15, 0.2) is 7.98 Å². The monoisotopic (exact) mass is 454 g/mol. The van der Waals surface area contributed by atoms with Crippen molar-refractivity contribution in [2.45, 2.75) is 44.0 Å². The minimum atomic E-state index is 0. The normalized spacial score (nSPS) is 13.1. The average Bonchev–Trinajstić information content (AvgIpc) is 2.73. The van der Waals surface area contributed by atoms with Gasteiger partial charge in [-0.05, 0) is 60.6 Å². The third-order valence-corrected chi connectivity index (χ3v) is 5.36. The molecule has 1 unspecified atom stereocenters. The molecule has 3 aromatic rings. The van der Waals surface area contributed by atoms with Crippen molar-refractivity contribution in [3.05, 3.63) is 55.5 Å². The topological polar surface area (TPSA) is 53.9 Å². The van der Waals surface area contributed by atoms with Crippen LogP contribution in [0.5, 0.6) is 0 Å². The van der Waals surface area contributed by atoms with E-state index in [1.807, 2.05) is 24.3 Å². The van der Waals surface area contributed by atoms with Gasteiger partial charge in [0.2, 0.25) is 0 Å². The quantitative estimate of drug-likeness (QED) is 0.285. The van der Waals surface area contributed by atoms with E-state index in [-0.39, 0.29) is 24.6 Å². The van der Waals surface area contributed by atoms with Gasteiger partial charge in [-0.1, -0.05) is 26.7 Å². The van der Waals surface area contributed by atoms with E-state index < -0.39 is 0 Å². The summed E-state index contributed by atoms with van der Waals surface area (Å²) in [6.45, 7) is 9.27. The van der Waals surface area contributed by atoms with E-state index in [0.29, 0.717) is 24.7 Å². The van der Waals surface area contributed by atoms with Crippen LogP contribution in [0.2, 0.25) is 0 Å². The molecule has 153 valence electrons. The Balaban J connectivity index is 0.00000320. The minimum Gasteiger partial charge on any atom is -0.393 e. The number of thiol groups is 1. The average molecular weight is 454 g/mol. The van der Waals surface area contributed by atoms with Crippen LogP contribution in [0.4, 0.5) is 11.5 Å². The van der Waals surface area contributed by atoms with E-state index in [1.54, 1.807) is 11.0 Å². The predicted molar refractivity (Wildman–Crippen MR) is 123 cm³/mol. The van der Waals surface area contributed by atoms with Crippen LogP contribution in [-0.4, -0.2) is 40.3 Å². The molecule has 0 spiro atoms. The first-order valence-electron chi connectivity index (χ1n) is 9.88. The summed E-state index contributed by atoms with van der Waals surface area (Å²) >= 11 is 4.32. The molecule has 3 rings (SSSR count). The van der Waals surface area contributed by atoms with Gasteiger partial charge in [-0.15, -0.1) is 30.1 Å². The first kappa shape index (κ1) is 24.7. The zero-order valence-electron chi connectivity index (χ0n) is 17.4. The summed E-state index contributed by atoms with van der Waals surface area (Å²) in [6, 6.07) is 11.2. The summed E-state index contributed by atoms with van der Waals surface area (Å²) in [5.41, 5.74) is 2.49. The van der Waals surface area contributed by atoms with E-state index in [1.165, 1.54) is 6.33 Å². The molecule has 0 bridgehead atoms. The van der Waals surface area contributed by atoms with Crippen molar-refractivity contribution in [3.8, 4) is 0 Å². The Morgan fingerprint density at radius 3 is 2.67 bits per heavy atom. The molecule has 1 aromatic carbocycles. The summed E-state index contributed by atoms with van der Waals surface area (Å²) < 4.78 is 0. The third-order valence-electron chi connectivity index (χ3n) is 5.07. The van der Waals surface area contributed by atoms with Crippen LogP contribution >= 0.6 is 12.6 Å². The van der Waals surface area contributed by atoms with E-state index in [4.69, 9.17) is 7.98 Å². The maximum Gasteiger partial charge on any atom is 2.00 e. The maximum atomic E-state index is 6.21. The largest absolute Gasteiger partial charge is 2.00 e. The van der Waals surface area contributed by atoms with E-state index >= 15 is 0 Å². The number of aromatic nitrogens is 3. The molecular formula is C22H26BN5SV. The van der Waals surface area contributed by atoms with Gasteiger partial charge in [0.1, 0.15) is 0 Å². The van der Waals surface area contributed by atoms with Crippen LogP contribution in [0.15, 0.2) is 41.7 Å². The van der Waals surface area contributed by atoms with Crippen LogP contribution in [0.1, 0.15) is 32.4 Å². The SMILES string of the molecule is [B]N(CCc1[c-]c2c(Nc3ccc(S)cc3)ncnc2cn1)C([CH2-])C[C@H](C)CC.[V+2]. The fourth-order valence-electron chi connectivity index (χ4n) is 3.02. The van der Waals surface area contributed by atoms with E-state index in [9.17, 15) is 0 Å².